The maximum atomic E-state index is 13.6. The molecule has 0 saturated heterocycles. The Balaban J connectivity index is 2.11. The summed E-state index contributed by atoms with van der Waals surface area (Å²) in [7, 11) is 0. The van der Waals surface area contributed by atoms with Crippen LogP contribution in [0.1, 0.15) is 29.6 Å². The molecule has 0 aliphatic heterocycles. The molecule has 0 spiro atoms. The number of terminal acetylenes is 1. The Morgan fingerprint density at radius 3 is 2.94 bits per heavy atom. The summed E-state index contributed by atoms with van der Waals surface area (Å²) in [4.78, 5) is 11.8. The first-order valence-corrected chi connectivity index (χ1v) is 6.09. The van der Waals surface area contributed by atoms with Crippen LogP contribution in [0.5, 0.6) is 0 Å². The Hall–Kier alpha value is -1.53. The molecule has 0 unspecified atom stereocenters. The fourth-order valence-electron chi connectivity index (χ4n) is 1.75. The van der Waals surface area contributed by atoms with Gasteiger partial charge in [-0.25, -0.2) is 9.18 Å². The lowest BCUT2D eigenvalue weighted by molar-refractivity contribution is 0.0256. The van der Waals surface area contributed by atoms with Crippen LogP contribution >= 0.6 is 11.6 Å². The van der Waals surface area contributed by atoms with Crippen LogP contribution < -0.4 is 0 Å². The molecule has 18 heavy (non-hydrogen) atoms. The van der Waals surface area contributed by atoms with E-state index < -0.39 is 11.8 Å². The minimum absolute atomic E-state index is 0.0932. The minimum atomic E-state index is -0.751. The van der Waals surface area contributed by atoms with Crippen LogP contribution in [0.4, 0.5) is 4.39 Å². The maximum absolute atomic E-state index is 13.6. The molecule has 1 aromatic rings. The van der Waals surface area contributed by atoms with Crippen molar-refractivity contribution >= 4 is 17.6 Å². The first-order valence-electron chi connectivity index (χ1n) is 5.72. The minimum Gasteiger partial charge on any atom is -0.457 e. The van der Waals surface area contributed by atoms with Gasteiger partial charge in [0.1, 0.15) is 6.10 Å². The lowest BCUT2D eigenvalue weighted by Crippen LogP contribution is -2.20. The van der Waals surface area contributed by atoms with Crippen molar-refractivity contribution in [3.05, 3.63) is 34.6 Å². The zero-order valence-electron chi connectivity index (χ0n) is 9.66. The van der Waals surface area contributed by atoms with E-state index in [1.165, 1.54) is 18.2 Å². The molecule has 4 heteroatoms. The summed E-state index contributed by atoms with van der Waals surface area (Å²) < 4.78 is 18.9. The van der Waals surface area contributed by atoms with Crippen LogP contribution in [0, 0.1) is 24.1 Å². The number of benzene rings is 1. The Labute approximate surface area is 110 Å². The highest BCUT2D eigenvalue weighted by Gasteiger charge is 2.34. The summed E-state index contributed by atoms with van der Waals surface area (Å²) in [6.45, 7) is 0. The number of halogens is 2. The number of hydrogen-bond acceptors (Lipinski definition) is 2. The van der Waals surface area contributed by atoms with E-state index in [0.717, 1.165) is 12.8 Å². The van der Waals surface area contributed by atoms with Gasteiger partial charge >= 0.3 is 5.97 Å². The molecule has 0 radical (unpaired) electrons. The van der Waals surface area contributed by atoms with Crippen molar-refractivity contribution in [3.8, 4) is 12.3 Å². The third kappa shape index (κ3) is 2.83. The molecule has 1 aromatic carbocycles. The number of esters is 1. The van der Waals surface area contributed by atoms with E-state index in [1.807, 2.05) is 0 Å². The number of rotatable bonds is 4. The highest BCUT2D eigenvalue weighted by molar-refractivity contribution is 6.31. The standard InChI is InChI=1S/C14H12ClFO2/c1-2-4-12(9-7-8-9)18-14(17)10-5-3-6-11(15)13(10)16/h1,3,5-6,9,12H,4,7-8H2/t12-/m0/s1. The second-order valence-corrected chi connectivity index (χ2v) is 4.70. The summed E-state index contributed by atoms with van der Waals surface area (Å²) in [5.74, 6) is 1.33. The highest BCUT2D eigenvalue weighted by Crippen LogP contribution is 2.36. The predicted octanol–water partition coefficient (Wildman–Crippen LogP) is 3.44. The first-order chi connectivity index (χ1) is 8.63. The van der Waals surface area contributed by atoms with Crippen molar-refractivity contribution in [3.63, 3.8) is 0 Å². The first kappa shape index (κ1) is 12.9. The van der Waals surface area contributed by atoms with Gasteiger partial charge < -0.3 is 4.74 Å². The van der Waals surface area contributed by atoms with Gasteiger partial charge in [0.15, 0.2) is 5.82 Å². The average Bonchev–Trinajstić information content (AvgIpc) is 3.16. The third-order valence-electron chi connectivity index (χ3n) is 2.90. The lowest BCUT2D eigenvalue weighted by atomic mass is 10.1. The highest BCUT2D eigenvalue weighted by atomic mass is 35.5. The molecular weight excluding hydrogens is 255 g/mol. The Morgan fingerprint density at radius 2 is 2.33 bits per heavy atom. The zero-order chi connectivity index (χ0) is 13.1. The van der Waals surface area contributed by atoms with Crippen molar-refractivity contribution in [1.82, 2.24) is 0 Å². The van der Waals surface area contributed by atoms with Gasteiger partial charge in [-0.2, -0.15) is 0 Å². The monoisotopic (exact) mass is 266 g/mol. The third-order valence-corrected chi connectivity index (χ3v) is 3.19. The summed E-state index contributed by atoms with van der Waals surface area (Å²) in [5.41, 5.74) is -0.148. The van der Waals surface area contributed by atoms with Gasteiger partial charge in [-0.05, 0) is 30.9 Å². The largest absolute Gasteiger partial charge is 0.457 e. The van der Waals surface area contributed by atoms with Crippen molar-refractivity contribution < 1.29 is 13.9 Å². The number of ether oxygens (including phenoxy) is 1. The van der Waals surface area contributed by atoms with Crippen molar-refractivity contribution in [2.24, 2.45) is 5.92 Å². The van der Waals surface area contributed by atoms with E-state index in [-0.39, 0.29) is 16.7 Å². The Morgan fingerprint density at radius 1 is 1.61 bits per heavy atom. The van der Waals surface area contributed by atoms with Gasteiger partial charge in [-0.3, -0.25) is 0 Å². The van der Waals surface area contributed by atoms with Crippen LogP contribution in [0.25, 0.3) is 0 Å². The molecular formula is C14H12ClFO2. The van der Waals surface area contributed by atoms with E-state index >= 15 is 0 Å². The SMILES string of the molecule is C#CC[C@H](OC(=O)c1cccc(Cl)c1F)C1CC1. The number of hydrogen-bond donors (Lipinski definition) is 0. The molecule has 0 aromatic heterocycles. The van der Waals surface area contributed by atoms with Gasteiger partial charge in [0, 0.05) is 6.42 Å². The number of carbonyl (C=O) groups excluding carboxylic acids is 1. The summed E-state index contributed by atoms with van der Waals surface area (Å²) in [5, 5.41) is -0.0932. The van der Waals surface area contributed by atoms with Gasteiger partial charge in [0.05, 0.1) is 10.6 Å². The van der Waals surface area contributed by atoms with Crippen molar-refractivity contribution in [2.45, 2.75) is 25.4 Å². The van der Waals surface area contributed by atoms with Crippen molar-refractivity contribution in [1.29, 1.82) is 0 Å². The van der Waals surface area contributed by atoms with Crippen LogP contribution in [-0.2, 0) is 4.74 Å². The maximum Gasteiger partial charge on any atom is 0.341 e. The summed E-state index contributed by atoms with van der Waals surface area (Å²) in [6.07, 6.45) is 7.26. The van der Waals surface area contributed by atoms with E-state index in [4.69, 9.17) is 22.8 Å². The van der Waals surface area contributed by atoms with Gasteiger partial charge in [-0.15, -0.1) is 12.3 Å². The Bertz CT molecular complexity index is 503. The fourth-order valence-corrected chi connectivity index (χ4v) is 1.93. The Kier molecular flexibility index (Phi) is 3.88. The molecule has 0 heterocycles. The molecule has 1 fully saturated rings. The van der Waals surface area contributed by atoms with Gasteiger partial charge in [-0.1, -0.05) is 17.7 Å². The quantitative estimate of drug-likeness (QED) is 0.616. The van der Waals surface area contributed by atoms with Crippen LogP contribution in [0.15, 0.2) is 18.2 Å². The van der Waals surface area contributed by atoms with Crippen LogP contribution in [0.2, 0.25) is 5.02 Å². The lowest BCUT2D eigenvalue weighted by Gasteiger charge is -2.15. The topological polar surface area (TPSA) is 26.3 Å². The zero-order valence-corrected chi connectivity index (χ0v) is 10.4. The molecule has 94 valence electrons. The molecule has 0 bridgehead atoms. The van der Waals surface area contributed by atoms with E-state index in [2.05, 4.69) is 5.92 Å². The van der Waals surface area contributed by atoms with Gasteiger partial charge in [0.2, 0.25) is 0 Å². The van der Waals surface area contributed by atoms with Crippen LogP contribution in [-0.4, -0.2) is 12.1 Å². The summed E-state index contributed by atoms with van der Waals surface area (Å²) in [6, 6.07) is 4.24. The second-order valence-electron chi connectivity index (χ2n) is 4.29. The molecule has 1 aliphatic carbocycles. The smallest absolute Gasteiger partial charge is 0.341 e. The molecule has 0 amide bonds. The van der Waals surface area contributed by atoms with E-state index in [1.54, 1.807) is 0 Å². The van der Waals surface area contributed by atoms with Crippen molar-refractivity contribution in [2.75, 3.05) is 0 Å². The normalized spacial score (nSPS) is 15.8. The molecule has 1 saturated carbocycles. The predicted molar refractivity (Wildman–Crippen MR) is 66.8 cm³/mol. The second kappa shape index (κ2) is 5.41. The molecule has 2 nitrogen and oxygen atoms in total. The molecule has 1 aliphatic rings. The van der Waals surface area contributed by atoms with Crippen LogP contribution in [0.3, 0.4) is 0 Å². The number of carbonyl (C=O) groups is 1. The fraction of sp³-hybridized carbons (Fsp3) is 0.357. The molecule has 2 rings (SSSR count). The summed E-state index contributed by atoms with van der Waals surface area (Å²) >= 11 is 5.62. The molecule has 0 N–H and O–H groups in total. The molecule has 1 atom stereocenters. The van der Waals surface area contributed by atoms with Gasteiger partial charge in [0.25, 0.3) is 0 Å². The van der Waals surface area contributed by atoms with E-state index in [9.17, 15) is 9.18 Å². The van der Waals surface area contributed by atoms with E-state index in [0.29, 0.717) is 12.3 Å². The average molecular weight is 267 g/mol.